The van der Waals surface area contributed by atoms with Crippen LogP contribution in [0, 0.1) is 0 Å². The van der Waals surface area contributed by atoms with Gasteiger partial charge < -0.3 is 10.4 Å². The Kier molecular flexibility index (Phi) is 5.16. The van der Waals surface area contributed by atoms with E-state index in [2.05, 4.69) is 5.32 Å². The van der Waals surface area contributed by atoms with E-state index in [1.165, 1.54) is 0 Å². The number of carbonyl (C=O) groups excluding carboxylic acids is 1. The van der Waals surface area contributed by atoms with Crippen LogP contribution in [-0.2, 0) is 4.79 Å². The average Bonchev–Trinajstić information content (AvgIpc) is 2.00. The van der Waals surface area contributed by atoms with Gasteiger partial charge in [0.05, 0.1) is 6.54 Å². The highest BCUT2D eigenvalue weighted by molar-refractivity contribution is 5.85. The molecular formula is C7H15NO2. The van der Waals surface area contributed by atoms with Gasteiger partial charge in [-0.1, -0.05) is 13.8 Å². The van der Waals surface area contributed by atoms with Crippen LogP contribution < -0.4 is 5.32 Å². The van der Waals surface area contributed by atoms with E-state index >= 15 is 0 Å². The first-order valence-corrected chi connectivity index (χ1v) is 3.72. The monoisotopic (exact) mass is 145 g/mol. The van der Waals surface area contributed by atoms with Gasteiger partial charge in [0.2, 0.25) is 0 Å². The maximum Gasteiger partial charge on any atom is 0.174 e. The minimum Gasteiger partial charge on any atom is -0.385 e. The molecule has 1 unspecified atom stereocenters. The second-order valence-corrected chi connectivity index (χ2v) is 1.95. The molecule has 60 valence electrons. The highest BCUT2D eigenvalue weighted by atomic mass is 16.3. The maximum atomic E-state index is 10.5. The summed E-state index contributed by atoms with van der Waals surface area (Å²) in [4.78, 5) is 10.5. The summed E-state index contributed by atoms with van der Waals surface area (Å²) in [5, 5.41) is 11.6. The van der Waals surface area contributed by atoms with Crippen LogP contribution in [0.1, 0.15) is 20.3 Å². The van der Waals surface area contributed by atoms with E-state index in [1.807, 2.05) is 13.8 Å². The van der Waals surface area contributed by atoms with Gasteiger partial charge in [0.15, 0.2) is 5.78 Å². The number of piperidine rings is 1. The number of nitrogens with one attached hydrogen (secondary N) is 1. The van der Waals surface area contributed by atoms with Gasteiger partial charge in [0.25, 0.3) is 0 Å². The average molecular weight is 145 g/mol. The SMILES string of the molecule is CC.O=C1CNCCC1O. The van der Waals surface area contributed by atoms with Crippen LogP contribution in [0.2, 0.25) is 0 Å². The van der Waals surface area contributed by atoms with E-state index < -0.39 is 6.10 Å². The molecule has 0 spiro atoms. The minimum atomic E-state index is -0.698. The Bertz CT molecular complexity index is 104. The lowest BCUT2D eigenvalue weighted by Gasteiger charge is -2.15. The van der Waals surface area contributed by atoms with Gasteiger partial charge in [-0.2, -0.15) is 0 Å². The largest absolute Gasteiger partial charge is 0.385 e. The topological polar surface area (TPSA) is 49.3 Å². The number of Topliss-reactive ketones (excluding diaryl/α,β-unsaturated/α-hetero) is 1. The number of rotatable bonds is 0. The molecule has 0 aliphatic carbocycles. The third-order valence-corrected chi connectivity index (χ3v) is 1.27. The first-order chi connectivity index (χ1) is 4.80. The molecule has 1 aliphatic rings. The highest BCUT2D eigenvalue weighted by Crippen LogP contribution is 1.95. The van der Waals surface area contributed by atoms with E-state index in [9.17, 15) is 4.79 Å². The molecular weight excluding hydrogens is 130 g/mol. The summed E-state index contributed by atoms with van der Waals surface area (Å²) in [6, 6.07) is 0. The molecule has 0 aromatic carbocycles. The van der Waals surface area contributed by atoms with Crippen molar-refractivity contribution in [1.29, 1.82) is 0 Å². The van der Waals surface area contributed by atoms with Crippen LogP contribution in [0.25, 0.3) is 0 Å². The molecule has 1 heterocycles. The summed E-state index contributed by atoms with van der Waals surface area (Å²) in [6.07, 6.45) is -0.130. The van der Waals surface area contributed by atoms with Crippen molar-refractivity contribution in [1.82, 2.24) is 5.32 Å². The van der Waals surface area contributed by atoms with Crippen molar-refractivity contribution < 1.29 is 9.90 Å². The molecule has 0 bridgehead atoms. The molecule has 1 aliphatic heterocycles. The highest BCUT2D eigenvalue weighted by Gasteiger charge is 2.17. The standard InChI is InChI=1S/C5H9NO2.C2H6/c7-4-1-2-6-3-5(4)8;1-2/h4,6-7H,1-3H2;1-2H3. The number of hydrogen-bond acceptors (Lipinski definition) is 3. The van der Waals surface area contributed by atoms with Gasteiger partial charge in [-0.15, -0.1) is 0 Å². The fraction of sp³-hybridized carbons (Fsp3) is 0.857. The Morgan fingerprint density at radius 3 is 2.50 bits per heavy atom. The summed E-state index contributed by atoms with van der Waals surface area (Å²) >= 11 is 0. The lowest BCUT2D eigenvalue weighted by Crippen LogP contribution is -2.39. The molecule has 0 saturated carbocycles. The molecule has 10 heavy (non-hydrogen) atoms. The smallest absolute Gasteiger partial charge is 0.174 e. The molecule has 1 atom stereocenters. The molecule has 1 rings (SSSR count). The van der Waals surface area contributed by atoms with Crippen molar-refractivity contribution in [3.63, 3.8) is 0 Å². The summed E-state index contributed by atoms with van der Waals surface area (Å²) < 4.78 is 0. The first kappa shape index (κ1) is 9.59. The maximum absolute atomic E-state index is 10.5. The zero-order valence-corrected chi connectivity index (χ0v) is 6.55. The van der Waals surface area contributed by atoms with Gasteiger partial charge in [-0.25, -0.2) is 0 Å². The fourth-order valence-electron chi connectivity index (χ4n) is 0.729. The van der Waals surface area contributed by atoms with Gasteiger partial charge in [-0.3, -0.25) is 4.79 Å². The molecule has 0 amide bonds. The summed E-state index contributed by atoms with van der Waals surface area (Å²) in [7, 11) is 0. The second kappa shape index (κ2) is 5.38. The molecule has 0 aromatic rings. The third-order valence-electron chi connectivity index (χ3n) is 1.27. The first-order valence-electron chi connectivity index (χ1n) is 3.72. The summed E-state index contributed by atoms with van der Waals surface area (Å²) in [5.41, 5.74) is 0. The Morgan fingerprint density at radius 2 is 2.20 bits per heavy atom. The van der Waals surface area contributed by atoms with Crippen LogP contribution in [0.3, 0.4) is 0 Å². The van der Waals surface area contributed by atoms with Crippen molar-refractivity contribution >= 4 is 5.78 Å². The van der Waals surface area contributed by atoms with Crippen LogP contribution in [0.15, 0.2) is 0 Å². The van der Waals surface area contributed by atoms with Crippen molar-refractivity contribution in [2.24, 2.45) is 0 Å². The van der Waals surface area contributed by atoms with Crippen molar-refractivity contribution in [3.05, 3.63) is 0 Å². The Labute approximate surface area is 61.4 Å². The molecule has 2 N–H and O–H groups in total. The van der Waals surface area contributed by atoms with E-state index in [0.29, 0.717) is 13.0 Å². The van der Waals surface area contributed by atoms with Gasteiger partial charge in [-0.05, 0) is 13.0 Å². The predicted molar refractivity (Wildman–Crippen MR) is 39.8 cm³/mol. The molecule has 3 nitrogen and oxygen atoms in total. The molecule has 3 heteroatoms. The van der Waals surface area contributed by atoms with Crippen molar-refractivity contribution in [3.8, 4) is 0 Å². The normalized spacial score (nSPS) is 25.1. The lowest BCUT2D eigenvalue weighted by atomic mass is 10.1. The minimum absolute atomic E-state index is 0.0868. The fourth-order valence-corrected chi connectivity index (χ4v) is 0.729. The number of aliphatic hydroxyl groups excluding tert-OH is 1. The number of aliphatic hydroxyl groups is 1. The summed E-state index contributed by atoms with van der Waals surface area (Å²) in [6.45, 7) is 5.09. The second-order valence-electron chi connectivity index (χ2n) is 1.95. The number of hydrogen-bond donors (Lipinski definition) is 2. The zero-order chi connectivity index (χ0) is 7.98. The van der Waals surface area contributed by atoms with E-state index in [1.54, 1.807) is 0 Å². The number of carbonyl (C=O) groups is 1. The molecule has 0 aromatic heterocycles. The van der Waals surface area contributed by atoms with Crippen molar-refractivity contribution in [2.75, 3.05) is 13.1 Å². The molecule has 0 radical (unpaired) electrons. The quantitative estimate of drug-likeness (QED) is 0.502. The van der Waals surface area contributed by atoms with E-state index in [0.717, 1.165) is 6.54 Å². The Morgan fingerprint density at radius 1 is 1.60 bits per heavy atom. The van der Waals surface area contributed by atoms with Gasteiger partial charge in [0, 0.05) is 0 Å². The van der Waals surface area contributed by atoms with Gasteiger partial charge in [0.1, 0.15) is 6.10 Å². The number of ketones is 1. The predicted octanol–water partition coefficient (Wildman–Crippen LogP) is -0.0641. The Hall–Kier alpha value is -0.410. The molecule has 1 fully saturated rings. The van der Waals surface area contributed by atoms with Crippen LogP contribution >= 0.6 is 0 Å². The van der Waals surface area contributed by atoms with Crippen molar-refractivity contribution in [2.45, 2.75) is 26.4 Å². The van der Waals surface area contributed by atoms with Crippen LogP contribution in [0.5, 0.6) is 0 Å². The van der Waals surface area contributed by atoms with E-state index in [4.69, 9.17) is 5.11 Å². The van der Waals surface area contributed by atoms with Gasteiger partial charge >= 0.3 is 0 Å². The van der Waals surface area contributed by atoms with E-state index in [-0.39, 0.29) is 5.78 Å². The lowest BCUT2D eigenvalue weighted by molar-refractivity contribution is -0.127. The Balaban J connectivity index is 0.000000371. The zero-order valence-electron chi connectivity index (χ0n) is 6.55. The van der Waals surface area contributed by atoms with Crippen LogP contribution in [-0.4, -0.2) is 30.1 Å². The summed E-state index contributed by atoms with van der Waals surface area (Å²) in [5.74, 6) is -0.0868. The molecule has 1 saturated heterocycles. The van der Waals surface area contributed by atoms with Crippen LogP contribution in [0.4, 0.5) is 0 Å². The third kappa shape index (κ3) is 2.94.